The average Bonchev–Trinajstić information content (AvgIpc) is 3.24. The van der Waals surface area contributed by atoms with Crippen molar-refractivity contribution in [1.29, 1.82) is 0 Å². The van der Waals surface area contributed by atoms with E-state index in [1.807, 2.05) is 0 Å². The summed E-state index contributed by atoms with van der Waals surface area (Å²) in [7, 11) is 0. The summed E-state index contributed by atoms with van der Waals surface area (Å²) in [4.78, 5) is 37.8. The Kier molecular flexibility index (Phi) is 48.7. The van der Waals surface area contributed by atoms with E-state index in [1.54, 1.807) is 0 Å². The molecule has 0 heterocycles. The molecule has 6 heteroatoms. The van der Waals surface area contributed by atoms with Gasteiger partial charge in [0.15, 0.2) is 6.10 Å². The molecule has 6 nitrogen and oxygen atoms in total. The van der Waals surface area contributed by atoms with Gasteiger partial charge in [-0.2, -0.15) is 0 Å². The predicted molar refractivity (Wildman–Crippen MR) is 257 cm³/mol. The van der Waals surface area contributed by atoms with Crippen LogP contribution in [0.15, 0.2) is 0 Å². The van der Waals surface area contributed by atoms with Crippen LogP contribution in [0.1, 0.15) is 310 Å². The molecule has 0 N–H and O–H groups in total. The van der Waals surface area contributed by atoms with Crippen LogP contribution in [-0.4, -0.2) is 37.2 Å². The molecule has 0 aliphatic rings. The maximum Gasteiger partial charge on any atom is 0.306 e. The second-order valence-electron chi connectivity index (χ2n) is 18.5. The Labute approximate surface area is 374 Å². The van der Waals surface area contributed by atoms with Gasteiger partial charge < -0.3 is 14.2 Å². The standard InChI is InChI=1S/C54H104O6/c1-4-7-10-13-16-18-20-22-24-25-26-27-28-29-31-32-34-36-38-41-44-47-53(56)59-50-51(49-58-52(55)46-43-40-15-12-9-6-3)60-54(57)48-45-42-39-37-35-33-30-23-21-19-17-14-11-8-5-2/h51H,4-50H2,1-3H3. The molecule has 0 amide bonds. The topological polar surface area (TPSA) is 78.9 Å². The van der Waals surface area contributed by atoms with Gasteiger partial charge in [-0.1, -0.05) is 271 Å². The smallest absolute Gasteiger partial charge is 0.306 e. The number of carbonyl (C=O) groups is 3. The summed E-state index contributed by atoms with van der Waals surface area (Å²) in [5.74, 6) is -0.850. The summed E-state index contributed by atoms with van der Waals surface area (Å²) in [6.07, 6.45) is 54.1. The molecule has 0 saturated heterocycles. The van der Waals surface area contributed by atoms with Gasteiger partial charge in [0.2, 0.25) is 0 Å². The lowest BCUT2D eigenvalue weighted by Crippen LogP contribution is -2.30. The highest BCUT2D eigenvalue weighted by atomic mass is 16.6. The van der Waals surface area contributed by atoms with Gasteiger partial charge in [0.1, 0.15) is 13.2 Å². The van der Waals surface area contributed by atoms with Gasteiger partial charge in [0.25, 0.3) is 0 Å². The van der Waals surface area contributed by atoms with Gasteiger partial charge >= 0.3 is 17.9 Å². The first-order valence-corrected chi connectivity index (χ1v) is 27.0. The van der Waals surface area contributed by atoms with Crippen molar-refractivity contribution in [3.8, 4) is 0 Å². The van der Waals surface area contributed by atoms with Crippen molar-refractivity contribution in [1.82, 2.24) is 0 Å². The van der Waals surface area contributed by atoms with Crippen molar-refractivity contribution in [2.75, 3.05) is 13.2 Å². The highest BCUT2D eigenvalue weighted by Gasteiger charge is 2.19. The maximum atomic E-state index is 12.7. The van der Waals surface area contributed by atoms with E-state index in [0.29, 0.717) is 19.3 Å². The van der Waals surface area contributed by atoms with E-state index < -0.39 is 6.10 Å². The molecule has 60 heavy (non-hydrogen) atoms. The Morgan fingerprint density at radius 1 is 0.267 bits per heavy atom. The van der Waals surface area contributed by atoms with Crippen LogP contribution in [-0.2, 0) is 28.6 Å². The Morgan fingerprint density at radius 2 is 0.450 bits per heavy atom. The average molecular weight is 849 g/mol. The maximum absolute atomic E-state index is 12.7. The van der Waals surface area contributed by atoms with E-state index in [4.69, 9.17) is 14.2 Å². The van der Waals surface area contributed by atoms with Gasteiger partial charge in [-0.05, 0) is 19.3 Å². The molecule has 0 aromatic carbocycles. The lowest BCUT2D eigenvalue weighted by atomic mass is 10.0. The Bertz CT molecular complexity index is 889. The van der Waals surface area contributed by atoms with Crippen molar-refractivity contribution in [3.63, 3.8) is 0 Å². The van der Waals surface area contributed by atoms with Crippen molar-refractivity contribution >= 4 is 17.9 Å². The van der Waals surface area contributed by atoms with Crippen LogP contribution < -0.4 is 0 Å². The van der Waals surface area contributed by atoms with Crippen LogP contribution in [0.5, 0.6) is 0 Å². The zero-order valence-corrected chi connectivity index (χ0v) is 40.8. The van der Waals surface area contributed by atoms with E-state index in [1.165, 1.54) is 212 Å². The highest BCUT2D eigenvalue weighted by molar-refractivity contribution is 5.71. The van der Waals surface area contributed by atoms with Gasteiger partial charge in [-0.25, -0.2) is 0 Å². The minimum atomic E-state index is -0.758. The summed E-state index contributed by atoms with van der Waals surface area (Å²) in [6.45, 7) is 6.63. The third kappa shape index (κ3) is 47.5. The van der Waals surface area contributed by atoms with Gasteiger partial charge in [-0.15, -0.1) is 0 Å². The van der Waals surface area contributed by atoms with Gasteiger partial charge in [-0.3, -0.25) is 14.4 Å². The predicted octanol–water partition coefficient (Wildman–Crippen LogP) is 17.6. The molecule has 0 spiro atoms. The van der Waals surface area contributed by atoms with Gasteiger partial charge in [0.05, 0.1) is 0 Å². The molecule has 1 atom stereocenters. The number of carbonyl (C=O) groups excluding carboxylic acids is 3. The molecular weight excluding hydrogens is 745 g/mol. The Morgan fingerprint density at radius 3 is 0.667 bits per heavy atom. The summed E-state index contributed by atoms with van der Waals surface area (Å²) >= 11 is 0. The lowest BCUT2D eigenvalue weighted by molar-refractivity contribution is -0.167. The minimum Gasteiger partial charge on any atom is -0.462 e. The highest BCUT2D eigenvalue weighted by Crippen LogP contribution is 2.17. The third-order valence-corrected chi connectivity index (χ3v) is 12.4. The fourth-order valence-electron chi connectivity index (χ4n) is 8.27. The van der Waals surface area contributed by atoms with Crippen LogP contribution in [0.4, 0.5) is 0 Å². The first-order valence-electron chi connectivity index (χ1n) is 27.0. The summed E-state index contributed by atoms with van der Waals surface area (Å²) in [5, 5.41) is 0. The monoisotopic (exact) mass is 849 g/mol. The first kappa shape index (κ1) is 58.4. The molecular formula is C54H104O6. The van der Waals surface area contributed by atoms with Crippen LogP contribution in [0.3, 0.4) is 0 Å². The Balaban J connectivity index is 4.09. The molecule has 0 fully saturated rings. The molecule has 356 valence electrons. The van der Waals surface area contributed by atoms with E-state index in [2.05, 4.69) is 20.8 Å². The zero-order valence-electron chi connectivity index (χ0n) is 40.8. The van der Waals surface area contributed by atoms with Crippen LogP contribution in [0.25, 0.3) is 0 Å². The normalized spacial score (nSPS) is 11.8. The van der Waals surface area contributed by atoms with Crippen LogP contribution in [0.2, 0.25) is 0 Å². The quantitative estimate of drug-likeness (QED) is 0.0345. The van der Waals surface area contributed by atoms with Crippen molar-refractivity contribution in [2.45, 2.75) is 316 Å². The molecule has 0 aliphatic carbocycles. The molecule has 0 aliphatic heterocycles. The zero-order chi connectivity index (χ0) is 43.7. The molecule has 0 rings (SSSR count). The van der Waals surface area contributed by atoms with E-state index in [-0.39, 0.29) is 31.1 Å². The fraction of sp³-hybridized carbons (Fsp3) is 0.944. The van der Waals surface area contributed by atoms with E-state index >= 15 is 0 Å². The van der Waals surface area contributed by atoms with Crippen molar-refractivity contribution in [3.05, 3.63) is 0 Å². The number of ether oxygens (including phenoxy) is 3. The number of unbranched alkanes of at least 4 members (excludes halogenated alkanes) is 39. The third-order valence-electron chi connectivity index (χ3n) is 12.4. The Hall–Kier alpha value is -1.59. The fourth-order valence-corrected chi connectivity index (χ4v) is 8.27. The number of hydrogen-bond donors (Lipinski definition) is 0. The second kappa shape index (κ2) is 50.1. The van der Waals surface area contributed by atoms with E-state index in [9.17, 15) is 14.4 Å². The molecule has 0 saturated carbocycles. The largest absolute Gasteiger partial charge is 0.462 e. The first-order chi connectivity index (χ1) is 29.5. The number of hydrogen-bond acceptors (Lipinski definition) is 6. The minimum absolute atomic E-state index is 0.0625. The molecule has 0 aromatic rings. The summed E-state index contributed by atoms with van der Waals surface area (Å²) < 4.78 is 16.7. The SMILES string of the molecule is CCCCCCCCCCCCCCCCCCCCCCCC(=O)OCC(COC(=O)CCCCCCCC)OC(=O)CCCCCCCCCCCCCCCCC. The number of esters is 3. The number of rotatable bonds is 50. The van der Waals surface area contributed by atoms with Crippen molar-refractivity contribution < 1.29 is 28.6 Å². The molecule has 0 radical (unpaired) electrons. The molecule has 0 bridgehead atoms. The second-order valence-corrected chi connectivity index (χ2v) is 18.5. The summed E-state index contributed by atoms with van der Waals surface area (Å²) in [5.41, 5.74) is 0. The molecule has 0 aromatic heterocycles. The van der Waals surface area contributed by atoms with Crippen LogP contribution >= 0.6 is 0 Å². The molecule has 1 unspecified atom stereocenters. The lowest BCUT2D eigenvalue weighted by Gasteiger charge is -2.18. The van der Waals surface area contributed by atoms with Crippen molar-refractivity contribution in [2.24, 2.45) is 0 Å². The van der Waals surface area contributed by atoms with Crippen LogP contribution in [0, 0.1) is 0 Å². The summed E-state index contributed by atoms with van der Waals surface area (Å²) in [6, 6.07) is 0. The van der Waals surface area contributed by atoms with E-state index in [0.717, 1.165) is 57.8 Å². The van der Waals surface area contributed by atoms with Gasteiger partial charge in [0, 0.05) is 19.3 Å².